The van der Waals surface area contributed by atoms with Gasteiger partial charge in [-0.3, -0.25) is 14.4 Å². The number of hydrogen-bond donors (Lipinski definition) is 0. The molecule has 6 heteroatoms. The Kier molecular flexibility index (Phi) is 40.2. The zero-order valence-electron chi connectivity index (χ0n) is 35.1. The predicted octanol–water partition coefficient (Wildman–Crippen LogP) is 13.9. The molecular weight excluding hydrogens is 685 g/mol. The molecule has 0 aliphatic heterocycles. The molecule has 0 aliphatic carbocycles. The fourth-order valence-corrected chi connectivity index (χ4v) is 5.48. The molecule has 0 heterocycles. The van der Waals surface area contributed by atoms with E-state index in [1.165, 1.54) is 51.4 Å². The Balaban J connectivity index is 4.54. The molecule has 0 saturated heterocycles. The van der Waals surface area contributed by atoms with E-state index in [1.54, 1.807) is 0 Å². The maximum atomic E-state index is 12.7. The molecule has 0 rings (SSSR count). The Bertz CT molecular complexity index is 1150. The van der Waals surface area contributed by atoms with E-state index >= 15 is 0 Å². The molecule has 0 amide bonds. The lowest BCUT2D eigenvalue weighted by molar-refractivity contribution is -0.167. The third kappa shape index (κ3) is 41.3. The van der Waals surface area contributed by atoms with Crippen molar-refractivity contribution in [3.05, 3.63) is 97.2 Å². The monoisotopic (exact) mass is 763 g/mol. The molecule has 0 aromatic heterocycles. The van der Waals surface area contributed by atoms with Crippen LogP contribution in [-0.2, 0) is 28.6 Å². The highest BCUT2D eigenvalue weighted by Crippen LogP contribution is 2.13. The topological polar surface area (TPSA) is 78.9 Å². The van der Waals surface area contributed by atoms with Crippen LogP contribution in [0, 0.1) is 0 Å². The van der Waals surface area contributed by atoms with Gasteiger partial charge in [0.15, 0.2) is 6.10 Å². The number of carbonyl (C=O) groups is 3. The Morgan fingerprint density at radius 3 is 1.36 bits per heavy atom. The summed E-state index contributed by atoms with van der Waals surface area (Å²) in [6, 6.07) is 0. The predicted molar refractivity (Wildman–Crippen MR) is 233 cm³/mol. The SMILES string of the molecule is CC\C=C/C=C\C=C/C=C\C=C/CCCCCC(=O)OCC(COC(=O)CCCCCCCCCCCCC)OC(=O)CCC/C=C\C/C=C\C/C=C\CC. The lowest BCUT2D eigenvalue weighted by Crippen LogP contribution is -2.30. The average Bonchev–Trinajstić information content (AvgIpc) is 3.18. The van der Waals surface area contributed by atoms with Crippen LogP contribution in [-0.4, -0.2) is 37.2 Å². The zero-order valence-corrected chi connectivity index (χ0v) is 35.1. The average molecular weight is 763 g/mol. The first-order valence-electron chi connectivity index (χ1n) is 21.8. The van der Waals surface area contributed by atoms with Gasteiger partial charge in [0.05, 0.1) is 0 Å². The molecule has 310 valence electrons. The van der Waals surface area contributed by atoms with E-state index in [1.807, 2.05) is 48.6 Å². The largest absolute Gasteiger partial charge is 0.462 e. The first-order valence-corrected chi connectivity index (χ1v) is 21.8. The van der Waals surface area contributed by atoms with E-state index in [9.17, 15) is 14.4 Å². The molecule has 1 unspecified atom stereocenters. The maximum absolute atomic E-state index is 12.7. The van der Waals surface area contributed by atoms with Crippen molar-refractivity contribution in [2.24, 2.45) is 0 Å². The third-order valence-corrected chi connectivity index (χ3v) is 8.71. The summed E-state index contributed by atoms with van der Waals surface area (Å²) in [5, 5.41) is 0. The summed E-state index contributed by atoms with van der Waals surface area (Å²) in [5.41, 5.74) is 0. The Morgan fingerprint density at radius 1 is 0.400 bits per heavy atom. The molecule has 6 nitrogen and oxygen atoms in total. The van der Waals surface area contributed by atoms with E-state index in [4.69, 9.17) is 14.2 Å². The number of allylic oxidation sites excluding steroid dienone is 16. The molecule has 0 bridgehead atoms. The highest BCUT2D eigenvalue weighted by molar-refractivity contribution is 5.71. The number of rotatable bonds is 37. The van der Waals surface area contributed by atoms with Gasteiger partial charge in [-0.1, -0.05) is 189 Å². The van der Waals surface area contributed by atoms with Crippen molar-refractivity contribution in [3.63, 3.8) is 0 Å². The molecule has 0 N–H and O–H groups in total. The van der Waals surface area contributed by atoms with Crippen molar-refractivity contribution in [2.45, 2.75) is 181 Å². The molecule has 0 saturated carbocycles. The lowest BCUT2D eigenvalue weighted by Gasteiger charge is -2.18. The van der Waals surface area contributed by atoms with Crippen LogP contribution in [0.25, 0.3) is 0 Å². The van der Waals surface area contributed by atoms with Gasteiger partial charge in [0.1, 0.15) is 13.2 Å². The summed E-state index contributed by atoms with van der Waals surface area (Å²) in [7, 11) is 0. The standard InChI is InChI=1S/C49H78O6/c1-4-7-10-13-16-19-22-23-24-25-28-30-33-36-39-42-48(51)54-45-46(55-49(52)43-40-37-34-31-27-21-18-15-12-9-6-3)44-53-47(50)41-38-35-32-29-26-20-17-14-11-8-5-2/h7,9-10,12-13,16,18-19,21-25,28,31,34,46H,4-6,8,11,14-15,17,20,26-27,29-30,32-33,35-45H2,1-3H3/b10-7-,12-9-,16-13-,21-18-,22-19-,24-23-,28-25-,34-31-. The molecule has 55 heavy (non-hydrogen) atoms. The second kappa shape index (κ2) is 43.1. The second-order valence-electron chi connectivity index (χ2n) is 14.0. The first kappa shape index (κ1) is 51.3. The van der Waals surface area contributed by atoms with E-state index in [2.05, 4.69) is 69.4 Å². The van der Waals surface area contributed by atoms with Crippen molar-refractivity contribution in [1.82, 2.24) is 0 Å². The van der Waals surface area contributed by atoms with Crippen molar-refractivity contribution in [2.75, 3.05) is 13.2 Å². The fraction of sp³-hybridized carbons (Fsp3) is 0.612. The molecule has 0 aromatic rings. The summed E-state index contributed by atoms with van der Waals surface area (Å²) in [6.07, 6.45) is 55.4. The van der Waals surface area contributed by atoms with E-state index in [-0.39, 0.29) is 37.5 Å². The van der Waals surface area contributed by atoms with E-state index < -0.39 is 6.10 Å². The van der Waals surface area contributed by atoms with E-state index in [0.717, 1.165) is 77.0 Å². The van der Waals surface area contributed by atoms with Gasteiger partial charge in [0, 0.05) is 19.3 Å². The summed E-state index contributed by atoms with van der Waals surface area (Å²) < 4.78 is 16.6. The highest BCUT2D eigenvalue weighted by Gasteiger charge is 2.19. The second-order valence-corrected chi connectivity index (χ2v) is 14.0. The minimum Gasteiger partial charge on any atom is -0.462 e. The Labute approximate surface area is 337 Å². The van der Waals surface area contributed by atoms with E-state index in [0.29, 0.717) is 19.3 Å². The van der Waals surface area contributed by atoms with Gasteiger partial charge in [0.25, 0.3) is 0 Å². The normalized spacial score (nSPS) is 13.0. The molecule has 0 aromatic carbocycles. The van der Waals surface area contributed by atoms with Gasteiger partial charge in [-0.25, -0.2) is 0 Å². The van der Waals surface area contributed by atoms with Crippen molar-refractivity contribution in [3.8, 4) is 0 Å². The van der Waals surface area contributed by atoms with Crippen LogP contribution in [0.2, 0.25) is 0 Å². The number of ether oxygens (including phenoxy) is 3. The van der Waals surface area contributed by atoms with Gasteiger partial charge < -0.3 is 14.2 Å². The number of carbonyl (C=O) groups excluding carboxylic acids is 3. The zero-order chi connectivity index (χ0) is 40.1. The lowest BCUT2D eigenvalue weighted by atomic mass is 10.1. The van der Waals surface area contributed by atoms with Crippen LogP contribution in [0.3, 0.4) is 0 Å². The smallest absolute Gasteiger partial charge is 0.306 e. The van der Waals surface area contributed by atoms with Crippen LogP contribution in [0.4, 0.5) is 0 Å². The number of esters is 3. The van der Waals surface area contributed by atoms with Crippen molar-refractivity contribution >= 4 is 17.9 Å². The van der Waals surface area contributed by atoms with Crippen LogP contribution < -0.4 is 0 Å². The van der Waals surface area contributed by atoms with Gasteiger partial charge in [-0.2, -0.15) is 0 Å². The Hall–Kier alpha value is -3.67. The molecule has 1 atom stereocenters. The first-order chi connectivity index (χ1) is 27.0. The van der Waals surface area contributed by atoms with Crippen molar-refractivity contribution < 1.29 is 28.6 Å². The number of unbranched alkanes of at least 4 members (excludes halogenated alkanes) is 14. The molecular formula is C49H78O6. The maximum Gasteiger partial charge on any atom is 0.306 e. The Morgan fingerprint density at radius 2 is 0.818 bits per heavy atom. The van der Waals surface area contributed by atoms with Crippen LogP contribution in [0.1, 0.15) is 175 Å². The summed E-state index contributed by atoms with van der Waals surface area (Å²) in [6.45, 7) is 6.25. The minimum atomic E-state index is -0.817. The molecule has 0 aliphatic rings. The van der Waals surface area contributed by atoms with Crippen LogP contribution in [0.5, 0.6) is 0 Å². The molecule has 0 fully saturated rings. The van der Waals surface area contributed by atoms with Gasteiger partial charge in [-0.05, 0) is 64.2 Å². The fourth-order valence-electron chi connectivity index (χ4n) is 5.48. The van der Waals surface area contributed by atoms with Crippen molar-refractivity contribution in [1.29, 1.82) is 0 Å². The minimum absolute atomic E-state index is 0.112. The summed E-state index contributed by atoms with van der Waals surface area (Å²) in [4.78, 5) is 37.6. The van der Waals surface area contributed by atoms with Gasteiger partial charge >= 0.3 is 17.9 Å². The number of hydrogen-bond acceptors (Lipinski definition) is 6. The van der Waals surface area contributed by atoms with Crippen LogP contribution >= 0.6 is 0 Å². The quantitative estimate of drug-likeness (QED) is 0.0206. The molecule has 0 spiro atoms. The van der Waals surface area contributed by atoms with Gasteiger partial charge in [-0.15, -0.1) is 0 Å². The highest BCUT2D eigenvalue weighted by atomic mass is 16.6. The summed E-state index contributed by atoms with van der Waals surface area (Å²) >= 11 is 0. The van der Waals surface area contributed by atoms with Crippen LogP contribution in [0.15, 0.2) is 97.2 Å². The van der Waals surface area contributed by atoms with Gasteiger partial charge in [0.2, 0.25) is 0 Å². The molecule has 0 radical (unpaired) electrons. The third-order valence-electron chi connectivity index (χ3n) is 8.71. The summed E-state index contributed by atoms with van der Waals surface area (Å²) in [5.74, 6) is -1.02.